The number of ether oxygens (including phenoxy) is 2. The van der Waals surface area contributed by atoms with Crippen LogP contribution in [0.15, 0.2) is 23.5 Å². The Kier molecular flexibility index (Phi) is 6.40. The predicted molar refractivity (Wildman–Crippen MR) is 121 cm³/mol. The van der Waals surface area contributed by atoms with Crippen LogP contribution < -0.4 is 20.1 Å². The van der Waals surface area contributed by atoms with Gasteiger partial charge in [0.25, 0.3) is 5.91 Å². The number of rotatable bonds is 6. The van der Waals surface area contributed by atoms with Crippen molar-refractivity contribution < 1.29 is 14.3 Å². The van der Waals surface area contributed by atoms with Gasteiger partial charge in [0.05, 0.1) is 18.4 Å². The summed E-state index contributed by atoms with van der Waals surface area (Å²) < 4.78 is 12.0. The van der Waals surface area contributed by atoms with E-state index in [1.807, 2.05) is 26.8 Å². The van der Waals surface area contributed by atoms with Crippen molar-refractivity contribution >= 4 is 29.1 Å². The van der Waals surface area contributed by atoms with Crippen LogP contribution in [0.4, 0.5) is 11.4 Å². The number of carbonyl (C=O) groups is 1. The molecule has 1 aliphatic rings. The molecule has 1 amide bonds. The van der Waals surface area contributed by atoms with Crippen LogP contribution >= 0.6 is 0 Å². The summed E-state index contributed by atoms with van der Waals surface area (Å²) in [6.07, 6.45) is 6.81. The van der Waals surface area contributed by atoms with E-state index in [-0.39, 0.29) is 5.91 Å². The lowest BCUT2D eigenvalue weighted by Gasteiger charge is -2.28. The molecule has 7 nitrogen and oxygen atoms in total. The first kappa shape index (κ1) is 21.4. The minimum atomic E-state index is -0.250. The number of aromatic nitrogens is 1. The molecule has 0 spiro atoms. The maximum absolute atomic E-state index is 12.5. The zero-order chi connectivity index (χ0) is 21.8. The number of methoxy groups -OCH3 is 1. The molecule has 1 aliphatic heterocycles. The number of hydrogen-bond donors (Lipinski definition) is 2. The molecular formula is C23H28N4O3. The van der Waals surface area contributed by atoms with Crippen LogP contribution in [0.3, 0.4) is 0 Å². The van der Waals surface area contributed by atoms with Crippen molar-refractivity contribution in [3.8, 4) is 17.2 Å². The number of anilines is 2. The van der Waals surface area contributed by atoms with E-state index >= 15 is 0 Å². The largest absolute Gasteiger partial charge is 0.494 e. The van der Waals surface area contributed by atoms with Gasteiger partial charge in [-0.3, -0.25) is 14.8 Å². The van der Waals surface area contributed by atoms with Crippen LogP contribution in [0, 0.1) is 13.8 Å². The van der Waals surface area contributed by atoms with E-state index in [2.05, 4.69) is 27.5 Å². The Balaban J connectivity index is 2.28. The minimum absolute atomic E-state index is 0.250. The zero-order valence-corrected chi connectivity index (χ0v) is 18.3. The summed E-state index contributed by atoms with van der Waals surface area (Å²) in [5, 5.41) is 6.06. The molecule has 0 atom stereocenters. The standard InChI is InChI=1S/C23H28N4O3/c1-7-9-15(11-25-8-2)18-22-19(16(12-26-18)23(28)24-5)27-20-17(29-6)10-13(3)14(4)21(20)30-22/h8,10-12,27H,7,9H2,1-6H3,(H,24,28)/b15-11+,25-8?. The number of nitrogens with zero attached hydrogens (tertiary/aromatic N) is 2. The number of amides is 1. The minimum Gasteiger partial charge on any atom is -0.494 e. The van der Waals surface area contributed by atoms with Crippen molar-refractivity contribution in [2.75, 3.05) is 19.5 Å². The Labute approximate surface area is 177 Å². The first-order valence-electron chi connectivity index (χ1n) is 10.0. The highest BCUT2D eigenvalue weighted by atomic mass is 16.5. The van der Waals surface area contributed by atoms with Crippen LogP contribution in [0.2, 0.25) is 0 Å². The van der Waals surface area contributed by atoms with E-state index in [1.54, 1.807) is 32.8 Å². The van der Waals surface area contributed by atoms with E-state index in [4.69, 9.17) is 9.47 Å². The number of aryl methyl sites for hydroxylation is 1. The molecule has 0 saturated carbocycles. The number of nitrogens with one attached hydrogen (secondary N) is 2. The topological polar surface area (TPSA) is 84.8 Å². The van der Waals surface area contributed by atoms with Crippen molar-refractivity contribution in [2.45, 2.75) is 40.5 Å². The third-order valence-electron chi connectivity index (χ3n) is 5.14. The van der Waals surface area contributed by atoms with E-state index in [0.717, 1.165) is 29.5 Å². The second kappa shape index (κ2) is 8.98. The second-order valence-electron chi connectivity index (χ2n) is 7.07. The molecule has 2 aromatic rings. The summed E-state index contributed by atoms with van der Waals surface area (Å²) >= 11 is 0. The van der Waals surface area contributed by atoms with Gasteiger partial charge in [0.15, 0.2) is 11.5 Å². The quantitative estimate of drug-likeness (QED) is 0.551. The van der Waals surface area contributed by atoms with Gasteiger partial charge in [-0.25, -0.2) is 0 Å². The first-order valence-corrected chi connectivity index (χ1v) is 10.0. The summed E-state index contributed by atoms with van der Waals surface area (Å²) in [7, 11) is 3.21. The fourth-order valence-corrected chi connectivity index (χ4v) is 3.42. The van der Waals surface area contributed by atoms with Crippen LogP contribution in [0.25, 0.3) is 5.57 Å². The fraction of sp³-hybridized carbons (Fsp3) is 0.348. The van der Waals surface area contributed by atoms with Gasteiger partial charge in [-0.1, -0.05) is 13.3 Å². The summed E-state index contributed by atoms with van der Waals surface area (Å²) in [6, 6.07) is 1.95. The summed E-state index contributed by atoms with van der Waals surface area (Å²) in [5.74, 6) is 1.59. The molecule has 0 radical (unpaired) electrons. The summed E-state index contributed by atoms with van der Waals surface area (Å²) in [6.45, 7) is 7.97. The molecule has 0 saturated heterocycles. The van der Waals surface area contributed by atoms with E-state index in [1.165, 1.54) is 0 Å². The highest BCUT2D eigenvalue weighted by Gasteiger charge is 2.30. The average Bonchev–Trinajstić information content (AvgIpc) is 2.76. The number of fused-ring (bicyclic) bond motifs is 2. The number of aliphatic imine (C=N–C) groups is 1. The maximum Gasteiger partial charge on any atom is 0.254 e. The molecule has 1 aromatic heterocycles. The molecule has 0 fully saturated rings. The van der Waals surface area contributed by atoms with Gasteiger partial charge in [0.2, 0.25) is 0 Å². The lowest BCUT2D eigenvalue weighted by atomic mass is 10.0. The monoisotopic (exact) mass is 408 g/mol. The molecule has 2 N–H and O–H groups in total. The Bertz CT molecular complexity index is 1040. The van der Waals surface area contributed by atoms with E-state index in [9.17, 15) is 4.79 Å². The molecule has 7 heteroatoms. The van der Waals surface area contributed by atoms with Crippen LogP contribution in [0.5, 0.6) is 17.2 Å². The van der Waals surface area contributed by atoms with Gasteiger partial charge in [0.1, 0.15) is 17.1 Å². The third kappa shape index (κ3) is 3.75. The van der Waals surface area contributed by atoms with Gasteiger partial charge in [-0.15, -0.1) is 0 Å². The Hall–Kier alpha value is -3.35. The number of pyridine rings is 1. The lowest BCUT2D eigenvalue weighted by Crippen LogP contribution is -2.21. The molecule has 2 heterocycles. The molecule has 3 rings (SSSR count). The molecular weight excluding hydrogens is 380 g/mol. The normalized spacial score (nSPS) is 12.7. The number of allylic oxidation sites excluding steroid dienone is 1. The molecule has 0 aliphatic carbocycles. The van der Waals surface area contributed by atoms with Crippen molar-refractivity contribution in [1.29, 1.82) is 0 Å². The second-order valence-corrected chi connectivity index (χ2v) is 7.07. The Morgan fingerprint density at radius 3 is 2.73 bits per heavy atom. The number of benzene rings is 1. The average molecular weight is 409 g/mol. The van der Waals surface area contributed by atoms with Crippen LogP contribution in [-0.2, 0) is 0 Å². The SMILES string of the molecule is CC=N/C=C(\CCC)c1ncc(C(=O)NC)c2c1Oc1c(C)c(C)cc(OC)c1N2. The van der Waals surface area contributed by atoms with Gasteiger partial charge in [0, 0.05) is 25.7 Å². The Morgan fingerprint density at radius 1 is 1.33 bits per heavy atom. The van der Waals surface area contributed by atoms with E-state index < -0.39 is 0 Å². The molecule has 1 aromatic carbocycles. The lowest BCUT2D eigenvalue weighted by molar-refractivity contribution is 0.0963. The maximum atomic E-state index is 12.5. The van der Waals surface area contributed by atoms with Crippen LogP contribution in [-0.4, -0.2) is 31.3 Å². The predicted octanol–water partition coefficient (Wildman–Crippen LogP) is 5.15. The molecule has 0 bridgehead atoms. The first-order chi connectivity index (χ1) is 14.5. The smallest absolute Gasteiger partial charge is 0.254 e. The van der Waals surface area contributed by atoms with E-state index in [0.29, 0.717) is 39.9 Å². The molecule has 30 heavy (non-hydrogen) atoms. The highest BCUT2D eigenvalue weighted by Crippen LogP contribution is 2.52. The number of hydrogen-bond acceptors (Lipinski definition) is 6. The molecule has 0 unspecified atom stereocenters. The Morgan fingerprint density at radius 2 is 2.10 bits per heavy atom. The highest BCUT2D eigenvalue weighted by molar-refractivity contribution is 6.03. The van der Waals surface area contributed by atoms with Crippen molar-refractivity contribution in [1.82, 2.24) is 10.3 Å². The number of carbonyl (C=O) groups excluding carboxylic acids is 1. The van der Waals surface area contributed by atoms with Gasteiger partial charge >= 0.3 is 0 Å². The van der Waals surface area contributed by atoms with Crippen molar-refractivity contribution in [3.05, 3.63) is 40.8 Å². The van der Waals surface area contributed by atoms with Crippen molar-refractivity contribution in [2.24, 2.45) is 4.99 Å². The summed E-state index contributed by atoms with van der Waals surface area (Å²) in [5.41, 5.74) is 5.32. The van der Waals surface area contributed by atoms with Gasteiger partial charge < -0.3 is 20.1 Å². The molecule has 158 valence electrons. The van der Waals surface area contributed by atoms with Crippen molar-refractivity contribution in [3.63, 3.8) is 0 Å². The van der Waals surface area contributed by atoms with Gasteiger partial charge in [-0.2, -0.15) is 0 Å². The fourth-order valence-electron chi connectivity index (χ4n) is 3.42. The summed E-state index contributed by atoms with van der Waals surface area (Å²) in [4.78, 5) is 21.4. The van der Waals surface area contributed by atoms with Gasteiger partial charge in [-0.05, 0) is 50.0 Å². The van der Waals surface area contributed by atoms with Crippen LogP contribution in [0.1, 0.15) is 53.9 Å². The zero-order valence-electron chi connectivity index (χ0n) is 18.3. The third-order valence-corrected chi connectivity index (χ3v) is 5.14.